The van der Waals surface area contributed by atoms with Crippen LogP contribution in [0.3, 0.4) is 0 Å². The van der Waals surface area contributed by atoms with Crippen molar-refractivity contribution in [2.45, 2.75) is 13.5 Å². The van der Waals surface area contributed by atoms with Crippen molar-refractivity contribution in [2.24, 2.45) is 5.92 Å². The van der Waals surface area contributed by atoms with Crippen molar-refractivity contribution < 1.29 is 19.5 Å². The molecule has 4 N–H and O–H groups in total. The molecule has 0 spiro atoms. The van der Waals surface area contributed by atoms with Crippen molar-refractivity contribution in [3.63, 3.8) is 0 Å². The Balaban J connectivity index is 2.97. The van der Waals surface area contributed by atoms with Crippen LogP contribution >= 0.6 is 7.60 Å². The van der Waals surface area contributed by atoms with E-state index in [1.165, 1.54) is 17.7 Å². The zero-order valence-electron chi connectivity index (χ0n) is 10.2. The SMILES string of the molecule is Cc1cn(CC(/C=C/P(=O)(O)O)CO)c(=O)[nH]c1=O. The lowest BCUT2D eigenvalue weighted by Crippen LogP contribution is -2.32. The molecule has 0 bridgehead atoms. The number of aliphatic hydroxyl groups is 1. The molecule has 106 valence electrons. The van der Waals surface area contributed by atoms with Gasteiger partial charge in [0.25, 0.3) is 5.56 Å². The molecule has 1 aromatic rings. The van der Waals surface area contributed by atoms with Gasteiger partial charge >= 0.3 is 13.3 Å². The topological polar surface area (TPSA) is 133 Å². The molecule has 1 heterocycles. The number of hydrogen-bond donors (Lipinski definition) is 4. The first-order valence-corrected chi connectivity index (χ1v) is 7.07. The van der Waals surface area contributed by atoms with E-state index >= 15 is 0 Å². The zero-order chi connectivity index (χ0) is 14.6. The van der Waals surface area contributed by atoms with Crippen LogP contribution in [0.1, 0.15) is 5.56 Å². The minimum absolute atomic E-state index is 0.00343. The summed E-state index contributed by atoms with van der Waals surface area (Å²) in [6.07, 6.45) is 2.48. The monoisotopic (exact) mass is 290 g/mol. The quantitative estimate of drug-likeness (QED) is 0.522. The maximum Gasteiger partial charge on any atom is 0.348 e. The van der Waals surface area contributed by atoms with Gasteiger partial charge in [0.2, 0.25) is 0 Å². The average Bonchev–Trinajstić information content (AvgIpc) is 2.29. The zero-order valence-corrected chi connectivity index (χ0v) is 11.1. The fraction of sp³-hybridized carbons (Fsp3) is 0.400. The summed E-state index contributed by atoms with van der Waals surface area (Å²) in [6.45, 7) is 1.14. The van der Waals surface area contributed by atoms with Gasteiger partial charge in [-0.3, -0.25) is 18.9 Å². The summed E-state index contributed by atoms with van der Waals surface area (Å²) >= 11 is 0. The summed E-state index contributed by atoms with van der Waals surface area (Å²) in [7, 11) is -4.30. The third kappa shape index (κ3) is 4.96. The summed E-state index contributed by atoms with van der Waals surface area (Å²) < 4.78 is 11.8. The van der Waals surface area contributed by atoms with E-state index in [-0.39, 0.29) is 13.2 Å². The molecule has 1 rings (SSSR count). The van der Waals surface area contributed by atoms with E-state index < -0.39 is 24.8 Å². The molecule has 1 unspecified atom stereocenters. The van der Waals surface area contributed by atoms with Crippen LogP contribution in [0.25, 0.3) is 0 Å². The van der Waals surface area contributed by atoms with E-state index in [4.69, 9.17) is 14.9 Å². The van der Waals surface area contributed by atoms with Crippen molar-refractivity contribution >= 4 is 7.60 Å². The maximum absolute atomic E-state index is 11.5. The Kier molecular flexibility index (Phi) is 5.02. The molecule has 0 amide bonds. The van der Waals surface area contributed by atoms with Gasteiger partial charge in [-0.15, -0.1) is 0 Å². The summed E-state index contributed by atoms with van der Waals surface area (Å²) in [6, 6.07) is 0. The Bertz CT molecular complexity index is 626. The number of nitrogens with one attached hydrogen (secondary N) is 1. The molecule has 0 saturated carbocycles. The minimum Gasteiger partial charge on any atom is -0.396 e. The Hall–Kier alpha value is -1.47. The van der Waals surface area contributed by atoms with Gasteiger partial charge in [-0.2, -0.15) is 0 Å². The Morgan fingerprint density at radius 2 is 2.11 bits per heavy atom. The second-order valence-electron chi connectivity index (χ2n) is 4.10. The highest BCUT2D eigenvalue weighted by Gasteiger charge is 2.11. The number of aromatic nitrogens is 2. The van der Waals surface area contributed by atoms with Crippen LogP contribution in [0.4, 0.5) is 0 Å². The first-order valence-electron chi connectivity index (χ1n) is 5.39. The highest BCUT2D eigenvalue weighted by molar-refractivity contribution is 7.55. The fourth-order valence-corrected chi connectivity index (χ4v) is 1.89. The molecular weight excluding hydrogens is 275 g/mol. The molecule has 0 fully saturated rings. The number of aromatic amines is 1. The van der Waals surface area contributed by atoms with Crippen molar-refractivity contribution in [1.82, 2.24) is 9.55 Å². The molecule has 0 radical (unpaired) electrons. The van der Waals surface area contributed by atoms with Crippen LogP contribution in [0.5, 0.6) is 0 Å². The minimum atomic E-state index is -4.30. The third-order valence-electron chi connectivity index (χ3n) is 2.41. The molecule has 9 heteroatoms. The first-order chi connectivity index (χ1) is 8.73. The summed E-state index contributed by atoms with van der Waals surface area (Å²) in [5, 5.41) is 9.11. The third-order valence-corrected chi connectivity index (χ3v) is 2.97. The average molecular weight is 290 g/mol. The predicted octanol–water partition coefficient (Wildman–Crippen LogP) is -0.855. The van der Waals surface area contributed by atoms with Crippen LogP contribution in [-0.4, -0.2) is 31.1 Å². The van der Waals surface area contributed by atoms with E-state index in [0.717, 1.165) is 6.08 Å². The number of aliphatic hydroxyl groups excluding tert-OH is 1. The van der Waals surface area contributed by atoms with Gasteiger partial charge in [-0.25, -0.2) is 4.79 Å². The lowest BCUT2D eigenvalue weighted by Gasteiger charge is -2.12. The number of aryl methyl sites for hydroxylation is 1. The largest absolute Gasteiger partial charge is 0.396 e. The number of rotatable bonds is 5. The van der Waals surface area contributed by atoms with Crippen LogP contribution in [0.15, 0.2) is 27.7 Å². The Labute approximate surface area is 108 Å². The molecule has 0 aliphatic carbocycles. The lowest BCUT2D eigenvalue weighted by atomic mass is 10.1. The fourth-order valence-electron chi connectivity index (χ4n) is 1.42. The van der Waals surface area contributed by atoms with Crippen molar-refractivity contribution in [2.75, 3.05) is 6.61 Å². The number of hydrogen-bond acceptors (Lipinski definition) is 4. The van der Waals surface area contributed by atoms with E-state index in [9.17, 15) is 14.2 Å². The maximum atomic E-state index is 11.5. The van der Waals surface area contributed by atoms with Crippen LogP contribution in [0.2, 0.25) is 0 Å². The van der Waals surface area contributed by atoms with Crippen molar-refractivity contribution in [1.29, 1.82) is 0 Å². The van der Waals surface area contributed by atoms with Gasteiger partial charge in [-0.1, -0.05) is 6.08 Å². The van der Waals surface area contributed by atoms with Gasteiger partial charge in [-0.05, 0) is 6.92 Å². The van der Waals surface area contributed by atoms with Gasteiger partial charge in [0, 0.05) is 30.0 Å². The Morgan fingerprint density at radius 1 is 1.47 bits per heavy atom. The molecule has 1 atom stereocenters. The van der Waals surface area contributed by atoms with Crippen molar-refractivity contribution in [3.05, 3.63) is 44.5 Å². The van der Waals surface area contributed by atoms with E-state index in [1.807, 2.05) is 0 Å². The normalized spacial score (nSPS) is 13.9. The highest BCUT2D eigenvalue weighted by atomic mass is 31.2. The van der Waals surface area contributed by atoms with E-state index in [0.29, 0.717) is 11.4 Å². The van der Waals surface area contributed by atoms with E-state index in [1.54, 1.807) is 0 Å². The molecule has 0 saturated heterocycles. The lowest BCUT2D eigenvalue weighted by molar-refractivity contribution is 0.237. The van der Waals surface area contributed by atoms with Crippen LogP contribution in [-0.2, 0) is 11.1 Å². The second-order valence-corrected chi connectivity index (χ2v) is 5.57. The summed E-state index contributed by atoms with van der Waals surface area (Å²) in [5.41, 5.74) is -0.804. The van der Waals surface area contributed by atoms with Gasteiger partial charge in [0.1, 0.15) is 0 Å². The second kappa shape index (κ2) is 6.12. The molecule has 0 aliphatic rings. The molecule has 0 aromatic carbocycles. The molecular formula is C10H15N2O6P. The summed E-state index contributed by atoms with van der Waals surface area (Å²) in [5.74, 6) is 0.0351. The smallest absolute Gasteiger partial charge is 0.348 e. The van der Waals surface area contributed by atoms with E-state index in [2.05, 4.69) is 4.98 Å². The molecule has 19 heavy (non-hydrogen) atoms. The standard InChI is InChI=1S/C10H15N2O6P/c1-7-4-12(10(15)11-9(7)14)5-8(6-13)2-3-19(16,17)18/h2-4,8,13H,5-6H2,1H3,(H,11,14,15)(H2,16,17,18)/b3-2+. The van der Waals surface area contributed by atoms with Crippen molar-refractivity contribution in [3.8, 4) is 0 Å². The number of H-pyrrole nitrogens is 1. The molecule has 0 aliphatic heterocycles. The molecule has 8 nitrogen and oxygen atoms in total. The summed E-state index contributed by atoms with van der Waals surface area (Å²) in [4.78, 5) is 42.1. The Morgan fingerprint density at radius 3 is 2.63 bits per heavy atom. The number of nitrogens with zero attached hydrogens (tertiary/aromatic N) is 1. The van der Waals surface area contributed by atoms with Crippen LogP contribution < -0.4 is 11.2 Å². The predicted molar refractivity (Wildman–Crippen MR) is 67.8 cm³/mol. The van der Waals surface area contributed by atoms with Gasteiger partial charge in [0.05, 0.1) is 6.61 Å². The molecule has 1 aromatic heterocycles. The first kappa shape index (κ1) is 15.6. The van der Waals surface area contributed by atoms with Gasteiger partial charge < -0.3 is 14.9 Å². The highest BCUT2D eigenvalue weighted by Crippen LogP contribution is 2.36. The van der Waals surface area contributed by atoms with Gasteiger partial charge in [0.15, 0.2) is 0 Å². The van der Waals surface area contributed by atoms with Crippen LogP contribution in [0, 0.1) is 12.8 Å².